The summed E-state index contributed by atoms with van der Waals surface area (Å²) >= 11 is 0. The van der Waals surface area contributed by atoms with Gasteiger partial charge in [0, 0.05) is 18.8 Å². The molecule has 1 N–H and O–H groups in total. The van der Waals surface area contributed by atoms with E-state index in [0.717, 1.165) is 38.5 Å². The van der Waals surface area contributed by atoms with Gasteiger partial charge < -0.3 is 14.0 Å². The Balaban J connectivity index is 2.03. The van der Waals surface area contributed by atoms with Gasteiger partial charge in [0.05, 0.1) is 12.2 Å². The van der Waals surface area contributed by atoms with Gasteiger partial charge in [-0.2, -0.15) is 0 Å². The summed E-state index contributed by atoms with van der Waals surface area (Å²) in [5, 5.41) is 11.6. The quantitative estimate of drug-likeness (QED) is 0.103. The molecule has 7 heteroatoms. The summed E-state index contributed by atoms with van der Waals surface area (Å²) in [7, 11) is -4.92. The van der Waals surface area contributed by atoms with Crippen LogP contribution < -0.4 is 10.4 Å². The fraction of sp³-hybridized carbons (Fsp3) is 0.600. The molecule has 0 aliphatic heterocycles. The van der Waals surface area contributed by atoms with E-state index in [1.54, 1.807) is 0 Å². The average Bonchev–Trinajstić information content (AvgIpc) is 3.28. The van der Waals surface area contributed by atoms with Crippen molar-refractivity contribution < 1.29 is 23.5 Å². The van der Waals surface area contributed by atoms with Crippen LogP contribution in [0.2, 0.25) is 23.2 Å². The van der Waals surface area contributed by atoms with Crippen molar-refractivity contribution in [3.05, 3.63) is 72.8 Å². The molecule has 0 spiro atoms. The first-order valence-electron chi connectivity index (χ1n) is 17.9. The molecule has 1 fully saturated rings. The third kappa shape index (κ3) is 10.1. The molecule has 5 nitrogen and oxygen atoms in total. The van der Waals surface area contributed by atoms with Crippen molar-refractivity contribution in [3.63, 3.8) is 0 Å². The standard InChI is InChI=1S/C40H62O5Si2/c1-10-11-14-21-31(44-47(40(5,6)7,32-22-15-12-16-23-32)33-24-17-13-18-25-33)28-29-34-35(26-19-20-27-38(42)43)37(30-36(34)41)45-46(8,9)39(2,3)4/h12-13,15-18,22-25,28-29,31,34-35,37H,10-11,14,19-21,26-27,30H2,1-9H3,(H,42,43)/b29-28+/t31-,34-,35-,37+/m1/s1. The van der Waals surface area contributed by atoms with Gasteiger partial charge in [-0.1, -0.05) is 147 Å². The van der Waals surface area contributed by atoms with Crippen molar-refractivity contribution in [1.82, 2.24) is 0 Å². The lowest BCUT2D eigenvalue weighted by molar-refractivity contribution is -0.137. The maximum Gasteiger partial charge on any atom is 0.303 e. The number of carboxylic acid groups (broad SMARTS) is 1. The van der Waals surface area contributed by atoms with E-state index in [1.165, 1.54) is 10.4 Å². The predicted molar refractivity (Wildman–Crippen MR) is 201 cm³/mol. The number of hydrogen-bond donors (Lipinski definition) is 1. The summed E-state index contributed by atoms with van der Waals surface area (Å²) in [4.78, 5) is 25.0. The van der Waals surface area contributed by atoms with Crippen LogP contribution in [0, 0.1) is 11.8 Å². The maximum absolute atomic E-state index is 13.8. The number of unbranched alkanes of at least 4 members (excludes halogenated alkanes) is 3. The van der Waals surface area contributed by atoms with Crippen LogP contribution in [-0.4, -0.2) is 45.7 Å². The second-order valence-corrected chi connectivity index (χ2v) is 25.1. The van der Waals surface area contributed by atoms with Gasteiger partial charge in [0.1, 0.15) is 5.78 Å². The maximum atomic E-state index is 13.8. The minimum atomic E-state index is -2.80. The van der Waals surface area contributed by atoms with E-state index >= 15 is 0 Å². The highest BCUT2D eigenvalue weighted by Gasteiger charge is 2.51. The molecule has 1 saturated carbocycles. The molecule has 1 aliphatic rings. The van der Waals surface area contributed by atoms with Crippen LogP contribution in [0.4, 0.5) is 0 Å². The van der Waals surface area contributed by atoms with Gasteiger partial charge in [-0.15, -0.1) is 0 Å². The summed E-state index contributed by atoms with van der Waals surface area (Å²) in [5.41, 5.74) is 0. The Labute approximate surface area is 287 Å². The van der Waals surface area contributed by atoms with E-state index in [-0.39, 0.29) is 46.3 Å². The number of allylic oxidation sites excluding steroid dienone is 1. The van der Waals surface area contributed by atoms with Crippen LogP contribution in [0.5, 0.6) is 0 Å². The van der Waals surface area contributed by atoms with Crippen LogP contribution in [0.15, 0.2) is 72.8 Å². The molecule has 0 heterocycles. The predicted octanol–water partition coefficient (Wildman–Crippen LogP) is 9.31. The molecule has 4 atom stereocenters. The van der Waals surface area contributed by atoms with E-state index in [9.17, 15) is 14.7 Å². The number of Topliss-reactive ketones (excluding diaryl/α,β-unsaturated/α-hetero) is 1. The summed E-state index contributed by atoms with van der Waals surface area (Å²) in [6.45, 7) is 20.4. The first kappa shape index (κ1) is 39.1. The smallest absolute Gasteiger partial charge is 0.303 e. The Morgan fingerprint density at radius 1 is 0.894 bits per heavy atom. The van der Waals surface area contributed by atoms with Gasteiger partial charge in [-0.3, -0.25) is 9.59 Å². The SMILES string of the molecule is CCCCC[C@H](/C=C/[C@H]1C(=O)C[C@H](O[Si](C)(C)C(C)(C)C)[C@@H]1CCCCC(=O)O)O[Si](c1ccccc1)(c1ccccc1)C(C)(C)C. The van der Waals surface area contributed by atoms with Crippen LogP contribution in [0.3, 0.4) is 0 Å². The zero-order valence-electron chi connectivity index (χ0n) is 30.7. The van der Waals surface area contributed by atoms with Crippen molar-refractivity contribution in [2.75, 3.05) is 0 Å². The normalized spacial score (nSPS) is 20.2. The summed E-state index contributed by atoms with van der Waals surface area (Å²) in [6.07, 6.45) is 11.0. The zero-order chi connectivity index (χ0) is 34.9. The molecular weight excluding hydrogens is 617 g/mol. The molecule has 1 aliphatic carbocycles. The topological polar surface area (TPSA) is 72.8 Å². The van der Waals surface area contributed by atoms with Crippen molar-refractivity contribution >= 4 is 38.8 Å². The number of rotatable bonds is 17. The molecule has 0 radical (unpaired) electrons. The third-order valence-corrected chi connectivity index (χ3v) is 20.1. The number of benzene rings is 2. The molecule has 3 rings (SSSR count). The van der Waals surface area contributed by atoms with Gasteiger partial charge in [-0.05, 0) is 58.7 Å². The highest BCUT2D eigenvalue weighted by molar-refractivity contribution is 6.99. The van der Waals surface area contributed by atoms with E-state index in [0.29, 0.717) is 12.8 Å². The Kier molecular flexibility index (Phi) is 14.0. The minimum absolute atomic E-state index is 0.0332. The van der Waals surface area contributed by atoms with E-state index in [1.807, 2.05) is 0 Å². The molecule has 2 aromatic carbocycles. The lowest BCUT2D eigenvalue weighted by Gasteiger charge is -2.45. The Bertz CT molecular complexity index is 1250. The molecule has 0 amide bonds. The third-order valence-electron chi connectivity index (χ3n) is 10.5. The van der Waals surface area contributed by atoms with Crippen molar-refractivity contribution in [2.24, 2.45) is 11.8 Å². The highest BCUT2D eigenvalue weighted by atomic mass is 28.4. The summed E-state index contributed by atoms with van der Waals surface area (Å²) in [6, 6.07) is 21.5. The van der Waals surface area contributed by atoms with Crippen molar-refractivity contribution in [2.45, 2.75) is 142 Å². The fourth-order valence-corrected chi connectivity index (χ4v) is 12.9. The van der Waals surface area contributed by atoms with Gasteiger partial charge in [0.2, 0.25) is 0 Å². The first-order valence-corrected chi connectivity index (χ1v) is 22.7. The van der Waals surface area contributed by atoms with E-state index < -0.39 is 22.6 Å². The van der Waals surface area contributed by atoms with Gasteiger partial charge in [0.25, 0.3) is 8.32 Å². The second-order valence-electron chi connectivity index (χ2n) is 16.1. The number of carbonyl (C=O) groups is 2. The molecule has 0 aromatic heterocycles. The number of carbonyl (C=O) groups excluding carboxylic acids is 1. The fourth-order valence-electron chi connectivity index (χ4n) is 6.86. The van der Waals surface area contributed by atoms with Crippen molar-refractivity contribution in [1.29, 1.82) is 0 Å². The number of hydrogen-bond acceptors (Lipinski definition) is 4. The second kappa shape index (κ2) is 16.9. The number of ketones is 1. The molecule has 0 bridgehead atoms. The lowest BCUT2D eigenvalue weighted by Crippen LogP contribution is -2.67. The minimum Gasteiger partial charge on any atom is -0.481 e. The molecule has 0 saturated heterocycles. The van der Waals surface area contributed by atoms with Crippen LogP contribution in [0.25, 0.3) is 0 Å². The van der Waals surface area contributed by atoms with Gasteiger partial charge in [-0.25, -0.2) is 0 Å². The molecule has 0 unspecified atom stereocenters. The first-order chi connectivity index (χ1) is 22.0. The molecular formula is C40H62O5Si2. The summed E-state index contributed by atoms with van der Waals surface area (Å²) < 4.78 is 14.5. The molecule has 260 valence electrons. The Morgan fingerprint density at radius 2 is 1.47 bits per heavy atom. The molecule has 47 heavy (non-hydrogen) atoms. The largest absolute Gasteiger partial charge is 0.481 e. The number of aliphatic carboxylic acids is 1. The van der Waals surface area contributed by atoms with E-state index in [4.69, 9.17) is 8.85 Å². The van der Waals surface area contributed by atoms with Gasteiger partial charge in [0.15, 0.2) is 8.32 Å². The van der Waals surface area contributed by atoms with Crippen LogP contribution in [-0.2, 0) is 18.4 Å². The Hall–Kier alpha value is -2.33. The van der Waals surface area contributed by atoms with Crippen LogP contribution >= 0.6 is 0 Å². The zero-order valence-corrected chi connectivity index (χ0v) is 32.7. The van der Waals surface area contributed by atoms with Gasteiger partial charge >= 0.3 is 5.97 Å². The monoisotopic (exact) mass is 678 g/mol. The molecule has 2 aromatic rings. The van der Waals surface area contributed by atoms with Crippen LogP contribution in [0.1, 0.15) is 106 Å². The summed E-state index contributed by atoms with van der Waals surface area (Å²) in [5.74, 6) is -0.767. The average molecular weight is 679 g/mol. The lowest BCUT2D eigenvalue weighted by atomic mass is 9.88. The Morgan fingerprint density at radius 3 is 1.96 bits per heavy atom. The van der Waals surface area contributed by atoms with Crippen molar-refractivity contribution in [3.8, 4) is 0 Å². The highest BCUT2D eigenvalue weighted by Crippen LogP contribution is 2.44. The number of carboxylic acids is 1. The van der Waals surface area contributed by atoms with E-state index in [2.05, 4.69) is 134 Å².